The van der Waals surface area contributed by atoms with Crippen LogP contribution in [0.4, 0.5) is 5.69 Å². The van der Waals surface area contributed by atoms with E-state index in [4.69, 9.17) is 5.73 Å². The molecule has 0 saturated heterocycles. The largest absolute Gasteiger partial charge is 0.330 e. The predicted octanol–water partition coefficient (Wildman–Crippen LogP) is 2.61. The van der Waals surface area contributed by atoms with Gasteiger partial charge in [0.15, 0.2) is 0 Å². The molecule has 1 amide bonds. The minimum Gasteiger partial charge on any atom is -0.330 e. The first-order valence-electron chi connectivity index (χ1n) is 7.39. The van der Waals surface area contributed by atoms with Gasteiger partial charge in [0, 0.05) is 18.3 Å². The maximum atomic E-state index is 12.5. The quantitative estimate of drug-likeness (QED) is 0.909. The molecule has 2 aromatic rings. The van der Waals surface area contributed by atoms with E-state index in [1.165, 1.54) is 0 Å². The van der Waals surface area contributed by atoms with E-state index in [2.05, 4.69) is 10.4 Å². The SMILES string of the molecule is Cl.NC[C@H]1CCC[C@H]1C(=O)Nc1ccccc1-n1cccn1. The Labute approximate surface area is 136 Å². The van der Waals surface area contributed by atoms with Gasteiger partial charge in [0.05, 0.1) is 11.4 Å². The Morgan fingerprint density at radius 3 is 2.86 bits per heavy atom. The maximum Gasteiger partial charge on any atom is 0.227 e. The Balaban J connectivity index is 0.00000176. The molecular formula is C16H21ClN4O. The van der Waals surface area contributed by atoms with E-state index < -0.39 is 0 Å². The normalized spacial score (nSPS) is 20.4. The van der Waals surface area contributed by atoms with Gasteiger partial charge >= 0.3 is 0 Å². The summed E-state index contributed by atoms with van der Waals surface area (Å²) in [5.41, 5.74) is 7.43. The van der Waals surface area contributed by atoms with E-state index in [-0.39, 0.29) is 24.2 Å². The van der Waals surface area contributed by atoms with Crippen molar-refractivity contribution < 1.29 is 4.79 Å². The molecule has 0 aliphatic heterocycles. The zero-order valence-electron chi connectivity index (χ0n) is 12.3. The van der Waals surface area contributed by atoms with Crippen LogP contribution in [0, 0.1) is 11.8 Å². The zero-order chi connectivity index (χ0) is 14.7. The standard InChI is InChI=1S/C16H20N4O.ClH/c17-11-12-5-3-6-13(12)16(21)19-14-7-1-2-8-15(14)20-10-4-9-18-20;/h1-2,4,7-10,12-13H,3,5-6,11,17H2,(H,19,21);1H/t12-,13-;/m1./s1. The molecule has 0 radical (unpaired) electrons. The first kappa shape index (κ1) is 16.5. The molecule has 0 bridgehead atoms. The molecule has 0 spiro atoms. The fourth-order valence-electron chi connectivity index (χ4n) is 3.08. The Morgan fingerprint density at radius 2 is 2.14 bits per heavy atom. The van der Waals surface area contributed by atoms with E-state index in [1.54, 1.807) is 10.9 Å². The maximum absolute atomic E-state index is 12.5. The summed E-state index contributed by atoms with van der Waals surface area (Å²) < 4.78 is 1.75. The summed E-state index contributed by atoms with van der Waals surface area (Å²) in [6, 6.07) is 9.56. The lowest BCUT2D eigenvalue weighted by atomic mass is 9.95. The number of carbonyl (C=O) groups excluding carboxylic acids is 1. The third-order valence-corrected chi connectivity index (χ3v) is 4.21. The number of para-hydroxylation sites is 2. The summed E-state index contributed by atoms with van der Waals surface area (Å²) in [5, 5.41) is 7.28. The van der Waals surface area contributed by atoms with Crippen LogP contribution in [0.1, 0.15) is 19.3 Å². The molecule has 1 fully saturated rings. The van der Waals surface area contributed by atoms with Gasteiger partial charge in [0.2, 0.25) is 5.91 Å². The highest BCUT2D eigenvalue weighted by Gasteiger charge is 2.32. The van der Waals surface area contributed by atoms with Gasteiger partial charge in [-0.2, -0.15) is 5.10 Å². The van der Waals surface area contributed by atoms with Crippen molar-refractivity contribution in [1.29, 1.82) is 0 Å². The van der Waals surface area contributed by atoms with Crippen LogP contribution in [0.15, 0.2) is 42.7 Å². The third-order valence-electron chi connectivity index (χ3n) is 4.21. The second-order valence-corrected chi connectivity index (χ2v) is 5.49. The number of hydrogen-bond acceptors (Lipinski definition) is 3. The molecule has 118 valence electrons. The number of amides is 1. The first-order valence-corrected chi connectivity index (χ1v) is 7.39. The molecule has 6 heteroatoms. The number of nitrogens with zero attached hydrogens (tertiary/aromatic N) is 2. The van der Waals surface area contributed by atoms with Gasteiger partial charge in [0.25, 0.3) is 0 Å². The molecule has 3 rings (SSSR count). The second-order valence-electron chi connectivity index (χ2n) is 5.49. The van der Waals surface area contributed by atoms with Crippen molar-refractivity contribution in [2.45, 2.75) is 19.3 Å². The van der Waals surface area contributed by atoms with Crippen molar-refractivity contribution in [3.63, 3.8) is 0 Å². The zero-order valence-corrected chi connectivity index (χ0v) is 13.1. The summed E-state index contributed by atoms with van der Waals surface area (Å²) in [4.78, 5) is 12.5. The molecule has 1 aliphatic carbocycles. The van der Waals surface area contributed by atoms with Crippen LogP contribution in [0.25, 0.3) is 5.69 Å². The average Bonchev–Trinajstić information content (AvgIpc) is 3.19. The molecule has 0 unspecified atom stereocenters. The molecule has 1 aromatic carbocycles. The minimum atomic E-state index is 0. The number of nitrogens with two attached hydrogens (primary N) is 1. The van der Waals surface area contributed by atoms with Crippen molar-refractivity contribution >= 4 is 24.0 Å². The number of hydrogen-bond donors (Lipinski definition) is 2. The van der Waals surface area contributed by atoms with Crippen molar-refractivity contribution in [3.05, 3.63) is 42.7 Å². The van der Waals surface area contributed by atoms with Gasteiger partial charge in [0.1, 0.15) is 0 Å². The highest BCUT2D eigenvalue weighted by molar-refractivity contribution is 5.94. The van der Waals surface area contributed by atoms with E-state index in [0.29, 0.717) is 12.5 Å². The van der Waals surface area contributed by atoms with Crippen molar-refractivity contribution in [3.8, 4) is 5.69 Å². The number of aromatic nitrogens is 2. The number of carbonyl (C=O) groups is 1. The van der Waals surface area contributed by atoms with Crippen LogP contribution in [0.5, 0.6) is 0 Å². The molecule has 1 saturated carbocycles. The molecular weight excluding hydrogens is 300 g/mol. The number of rotatable bonds is 4. The number of halogens is 1. The number of nitrogens with one attached hydrogen (secondary N) is 1. The van der Waals surface area contributed by atoms with Gasteiger partial charge in [-0.15, -0.1) is 12.4 Å². The van der Waals surface area contributed by atoms with Crippen LogP contribution in [-0.4, -0.2) is 22.2 Å². The molecule has 2 atom stereocenters. The van der Waals surface area contributed by atoms with Gasteiger partial charge in [-0.05, 0) is 43.5 Å². The van der Waals surface area contributed by atoms with E-state index in [9.17, 15) is 4.79 Å². The highest BCUT2D eigenvalue weighted by Crippen LogP contribution is 2.32. The van der Waals surface area contributed by atoms with Crippen LogP contribution in [0.2, 0.25) is 0 Å². The van der Waals surface area contributed by atoms with Gasteiger partial charge in [-0.25, -0.2) is 4.68 Å². The summed E-state index contributed by atoms with van der Waals surface area (Å²) in [6.07, 6.45) is 6.65. The van der Waals surface area contributed by atoms with Crippen molar-refractivity contribution in [2.75, 3.05) is 11.9 Å². The lowest BCUT2D eigenvalue weighted by Crippen LogP contribution is -2.30. The minimum absolute atomic E-state index is 0. The third kappa shape index (κ3) is 3.31. The summed E-state index contributed by atoms with van der Waals surface area (Å²) in [5.74, 6) is 0.407. The van der Waals surface area contributed by atoms with Gasteiger partial charge < -0.3 is 11.1 Å². The second kappa shape index (κ2) is 7.42. The first-order chi connectivity index (χ1) is 10.3. The van der Waals surface area contributed by atoms with E-state index >= 15 is 0 Å². The Hall–Kier alpha value is -1.85. The Bertz CT molecular complexity index is 614. The summed E-state index contributed by atoms with van der Waals surface area (Å²) >= 11 is 0. The Morgan fingerprint density at radius 1 is 1.32 bits per heavy atom. The summed E-state index contributed by atoms with van der Waals surface area (Å²) in [6.45, 7) is 0.582. The van der Waals surface area contributed by atoms with Gasteiger partial charge in [-0.3, -0.25) is 4.79 Å². The molecule has 22 heavy (non-hydrogen) atoms. The lowest BCUT2D eigenvalue weighted by molar-refractivity contribution is -0.120. The molecule has 1 aliphatic rings. The number of anilines is 1. The fourth-order valence-corrected chi connectivity index (χ4v) is 3.08. The van der Waals surface area contributed by atoms with Gasteiger partial charge in [-0.1, -0.05) is 18.6 Å². The summed E-state index contributed by atoms with van der Waals surface area (Å²) in [7, 11) is 0. The average molecular weight is 321 g/mol. The number of benzene rings is 1. The van der Waals surface area contributed by atoms with E-state index in [1.807, 2.05) is 36.5 Å². The molecule has 1 aromatic heterocycles. The molecule has 3 N–H and O–H groups in total. The predicted molar refractivity (Wildman–Crippen MR) is 89.3 cm³/mol. The topological polar surface area (TPSA) is 72.9 Å². The van der Waals surface area contributed by atoms with Crippen LogP contribution >= 0.6 is 12.4 Å². The van der Waals surface area contributed by atoms with Crippen LogP contribution < -0.4 is 11.1 Å². The van der Waals surface area contributed by atoms with Crippen LogP contribution in [-0.2, 0) is 4.79 Å². The Kier molecular flexibility index (Phi) is 5.57. The lowest BCUT2D eigenvalue weighted by Gasteiger charge is -2.18. The van der Waals surface area contributed by atoms with Crippen molar-refractivity contribution in [2.24, 2.45) is 17.6 Å². The molecule has 5 nitrogen and oxygen atoms in total. The smallest absolute Gasteiger partial charge is 0.227 e. The van der Waals surface area contributed by atoms with E-state index in [0.717, 1.165) is 30.6 Å². The highest BCUT2D eigenvalue weighted by atomic mass is 35.5. The monoisotopic (exact) mass is 320 g/mol. The van der Waals surface area contributed by atoms with Crippen LogP contribution in [0.3, 0.4) is 0 Å². The fraction of sp³-hybridized carbons (Fsp3) is 0.375. The van der Waals surface area contributed by atoms with Crippen molar-refractivity contribution in [1.82, 2.24) is 9.78 Å². The molecule has 1 heterocycles.